The molecule has 0 aliphatic rings. The Labute approximate surface area is 125 Å². The summed E-state index contributed by atoms with van der Waals surface area (Å²) in [7, 11) is 2.14. The zero-order valence-electron chi connectivity index (χ0n) is 12.3. The van der Waals surface area contributed by atoms with Crippen molar-refractivity contribution in [3.8, 4) is 0 Å². The van der Waals surface area contributed by atoms with E-state index >= 15 is 0 Å². The van der Waals surface area contributed by atoms with Crippen molar-refractivity contribution in [1.29, 1.82) is 0 Å². The molecule has 0 fully saturated rings. The summed E-state index contributed by atoms with van der Waals surface area (Å²) in [6.07, 6.45) is 4.32. The third-order valence-electron chi connectivity index (χ3n) is 3.41. The first kappa shape index (κ1) is 15.1. The minimum Gasteiger partial charge on any atom is -0.323 e. The van der Waals surface area contributed by atoms with Crippen LogP contribution in [0.3, 0.4) is 0 Å². The van der Waals surface area contributed by atoms with Gasteiger partial charge in [0.05, 0.1) is 17.6 Å². The molecule has 0 spiro atoms. The molecule has 3 nitrogen and oxygen atoms in total. The van der Waals surface area contributed by atoms with Crippen molar-refractivity contribution in [2.45, 2.75) is 32.9 Å². The van der Waals surface area contributed by atoms with E-state index in [0.29, 0.717) is 0 Å². The number of benzene rings is 1. The highest BCUT2D eigenvalue weighted by Gasteiger charge is 2.12. The van der Waals surface area contributed by atoms with Crippen molar-refractivity contribution >= 4 is 22.6 Å². The maximum atomic E-state index is 6.10. The van der Waals surface area contributed by atoms with Crippen LogP contribution in [-0.4, -0.2) is 28.0 Å². The zero-order chi connectivity index (χ0) is 14.5. The minimum atomic E-state index is 0.744. The summed E-state index contributed by atoms with van der Waals surface area (Å²) in [4.78, 5) is 7.05. The van der Waals surface area contributed by atoms with Crippen LogP contribution in [0.25, 0.3) is 11.0 Å². The first-order valence-corrected chi connectivity index (χ1v) is 7.47. The Balaban J connectivity index is 2.31. The summed E-state index contributed by atoms with van der Waals surface area (Å²) in [6, 6.07) is 5.84. The first-order valence-electron chi connectivity index (χ1n) is 7.09. The summed E-state index contributed by atoms with van der Waals surface area (Å²) < 4.78 is 2.19. The molecule has 0 N–H and O–H groups in total. The number of hydrogen-bond acceptors (Lipinski definition) is 2. The van der Waals surface area contributed by atoms with Crippen LogP contribution in [0.4, 0.5) is 0 Å². The first-order chi connectivity index (χ1) is 9.65. The fourth-order valence-corrected chi connectivity index (χ4v) is 2.51. The molecule has 2 aromatic rings. The molecule has 0 radical (unpaired) electrons. The number of fused-ring (bicyclic) bond motifs is 1. The maximum absolute atomic E-state index is 6.10. The molecule has 0 unspecified atom stereocenters. The van der Waals surface area contributed by atoms with Crippen LogP contribution in [-0.2, 0) is 13.1 Å². The van der Waals surface area contributed by atoms with Gasteiger partial charge in [-0.05, 0) is 38.2 Å². The highest BCUT2D eigenvalue weighted by Crippen LogP contribution is 2.21. The monoisotopic (exact) mass is 291 g/mol. The van der Waals surface area contributed by atoms with Crippen LogP contribution < -0.4 is 0 Å². The van der Waals surface area contributed by atoms with Gasteiger partial charge in [0.25, 0.3) is 0 Å². The van der Waals surface area contributed by atoms with Gasteiger partial charge in [-0.25, -0.2) is 4.98 Å². The number of halogens is 1. The number of nitrogens with zero attached hydrogens (tertiary/aromatic N) is 3. The van der Waals surface area contributed by atoms with E-state index in [1.807, 2.05) is 24.3 Å². The molecule has 108 valence electrons. The normalized spacial score (nSPS) is 11.4. The lowest BCUT2D eigenvalue weighted by atomic mass is 10.3. The molecule has 4 heteroatoms. The predicted molar refractivity (Wildman–Crippen MR) is 86.2 cm³/mol. The molecule has 0 aliphatic carbocycles. The third kappa shape index (κ3) is 3.41. The maximum Gasteiger partial charge on any atom is 0.124 e. The molecule has 2 rings (SSSR count). The Hall–Kier alpha value is -1.32. The zero-order valence-corrected chi connectivity index (χ0v) is 13.0. The Bertz CT molecular complexity index is 589. The van der Waals surface area contributed by atoms with Gasteiger partial charge in [0.2, 0.25) is 0 Å². The summed E-state index contributed by atoms with van der Waals surface area (Å²) in [5.41, 5.74) is 2.08. The van der Waals surface area contributed by atoms with Crippen LogP contribution in [0.15, 0.2) is 30.9 Å². The smallest absolute Gasteiger partial charge is 0.124 e. The number of hydrogen-bond donors (Lipinski definition) is 0. The minimum absolute atomic E-state index is 0.744. The van der Waals surface area contributed by atoms with Crippen molar-refractivity contribution in [3.63, 3.8) is 0 Å². The fourth-order valence-electron chi connectivity index (χ4n) is 2.35. The Morgan fingerprint density at radius 3 is 2.95 bits per heavy atom. The lowest BCUT2D eigenvalue weighted by Crippen LogP contribution is -2.21. The number of unbranched alkanes of at least 4 members (excludes halogenated alkanes) is 1. The molecule has 20 heavy (non-hydrogen) atoms. The predicted octanol–water partition coefficient (Wildman–Crippen LogP) is 4.11. The second-order valence-corrected chi connectivity index (χ2v) is 5.59. The summed E-state index contributed by atoms with van der Waals surface area (Å²) in [5, 5.41) is 0.744. The number of allylic oxidation sites excluding steroid dienone is 1. The topological polar surface area (TPSA) is 21.1 Å². The molecule has 0 saturated heterocycles. The molecule has 1 aromatic heterocycles. The van der Waals surface area contributed by atoms with Crippen LogP contribution >= 0.6 is 11.6 Å². The quantitative estimate of drug-likeness (QED) is 0.716. The van der Waals surface area contributed by atoms with Crippen LogP contribution in [0.1, 0.15) is 25.6 Å². The molecular weight excluding hydrogens is 270 g/mol. The Morgan fingerprint density at radius 2 is 2.25 bits per heavy atom. The highest BCUT2D eigenvalue weighted by atomic mass is 35.5. The molecule has 1 heterocycles. The van der Waals surface area contributed by atoms with E-state index < -0.39 is 0 Å². The van der Waals surface area contributed by atoms with E-state index in [0.717, 1.165) is 41.5 Å². The average Bonchev–Trinajstić information content (AvgIpc) is 2.74. The molecule has 0 aliphatic heterocycles. The van der Waals surface area contributed by atoms with Gasteiger partial charge in [-0.2, -0.15) is 0 Å². The standard InChI is InChI=1S/C16H22ClN3/c1-4-6-10-19(3)12-16-18-14-8-7-13(17)11-15(14)20(16)9-5-2/h5,7-8,11H,2,4,6,9-10,12H2,1,3H3. The van der Waals surface area contributed by atoms with E-state index in [4.69, 9.17) is 16.6 Å². The van der Waals surface area contributed by atoms with Crippen molar-refractivity contribution in [1.82, 2.24) is 14.5 Å². The van der Waals surface area contributed by atoms with Gasteiger partial charge in [0.15, 0.2) is 0 Å². The van der Waals surface area contributed by atoms with Crippen LogP contribution in [0.2, 0.25) is 5.02 Å². The number of imidazole rings is 1. The Morgan fingerprint density at radius 1 is 1.45 bits per heavy atom. The molecule has 0 amide bonds. The van der Waals surface area contributed by atoms with Gasteiger partial charge in [-0.3, -0.25) is 4.90 Å². The fraction of sp³-hybridized carbons (Fsp3) is 0.438. The molecule has 0 saturated carbocycles. The lowest BCUT2D eigenvalue weighted by Gasteiger charge is -2.16. The number of rotatable bonds is 7. The molecular formula is C16H22ClN3. The van der Waals surface area contributed by atoms with Crippen molar-refractivity contribution in [3.05, 3.63) is 41.7 Å². The molecule has 0 bridgehead atoms. The van der Waals surface area contributed by atoms with Gasteiger partial charge >= 0.3 is 0 Å². The Kier molecular flexibility index (Phi) is 5.21. The second kappa shape index (κ2) is 6.91. The van der Waals surface area contributed by atoms with Gasteiger partial charge in [-0.1, -0.05) is 31.0 Å². The highest BCUT2D eigenvalue weighted by molar-refractivity contribution is 6.31. The van der Waals surface area contributed by atoms with Gasteiger partial charge in [0, 0.05) is 11.6 Å². The van der Waals surface area contributed by atoms with Crippen LogP contribution in [0.5, 0.6) is 0 Å². The largest absolute Gasteiger partial charge is 0.323 e. The molecule has 0 atom stereocenters. The van der Waals surface area contributed by atoms with Gasteiger partial charge < -0.3 is 4.57 Å². The van der Waals surface area contributed by atoms with Crippen molar-refractivity contribution in [2.24, 2.45) is 0 Å². The number of aromatic nitrogens is 2. The molecule has 1 aromatic carbocycles. The van der Waals surface area contributed by atoms with Gasteiger partial charge in [0.1, 0.15) is 5.82 Å². The lowest BCUT2D eigenvalue weighted by molar-refractivity contribution is 0.309. The average molecular weight is 292 g/mol. The third-order valence-corrected chi connectivity index (χ3v) is 3.64. The summed E-state index contributed by atoms with van der Waals surface area (Å²) in [5.74, 6) is 1.07. The SMILES string of the molecule is C=CCn1c(CN(C)CCCC)nc2ccc(Cl)cc21. The van der Waals surface area contributed by atoms with E-state index in [2.05, 4.69) is 30.0 Å². The van der Waals surface area contributed by atoms with Gasteiger partial charge in [-0.15, -0.1) is 6.58 Å². The second-order valence-electron chi connectivity index (χ2n) is 5.15. The van der Waals surface area contributed by atoms with Crippen LogP contribution in [0, 0.1) is 0 Å². The summed E-state index contributed by atoms with van der Waals surface area (Å²) >= 11 is 6.10. The van der Waals surface area contributed by atoms with Crippen molar-refractivity contribution < 1.29 is 0 Å². The van der Waals surface area contributed by atoms with E-state index in [1.54, 1.807) is 0 Å². The summed E-state index contributed by atoms with van der Waals surface area (Å²) in [6.45, 7) is 8.75. The van der Waals surface area contributed by atoms with E-state index in [-0.39, 0.29) is 0 Å². The van der Waals surface area contributed by atoms with Crippen molar-refractivity contribution in [2.75, 3.05) is 13.6 Å². The van der Waals surface area contributed by atoms with E-state index in [9.17, 15) is 0 Å². The van der Waals surface area contributed by atoms with E-state index in [1.165, 1.54) is 12.8 Å².